The molecule has 0 aromatic carbocycles. The van der Waals surface area contributed by atoms with Crippen LogP contribution in [0.3, 0.4) is 0 Å². The van der Waals surface area contributed by atoms with E-state index in [0.717, 1.165) is 9.35 Å². The molecule has 5 heteroatoms. The van der Waals surface area contributed by atoms with Crippen LogP contribution in [0.25, 0.3) is 0 Å². The van der Waals surface area contributed by atoms with Crippen molar-refractivity contribution in [3.05, 3.63) is 50.6 Å². The monoisotopic (exact) mass is 300 g/mol. The summed E-state index contributed by atoms with van der Waals surface area (Å²) in [4.78, 5) is 4.96. The van der Waals surface area contributed by atoms with Gasteiger partial charge in [-0.15, -0.1) is 11.3 Å². The molecule has 2 aromatic heterocycles. The molecule has 0 fully saturated rings. The van der Waals surface area contributed by atoms with E-state index in [-0.39, 0.29) is 11.9 Å². The van der Waals surface area contributed by atoms with Crippen LogP contribution in [0, 0.1) is 5.82 Å². The molecule has 0 saturated heterocycles. The number of rotatable bonds is 3. The van der Waals surface area contributed by atoms with E-state index >= 15 is 0 Å². The maximum atomic E-state index is 12.9. The fraction of sp³-hybridized carbons (Fsp3) is 0.182. The van der Waals surface area contributed by atoms with Gasteiger partial charge in [-0.25, -0.2) is 4.39 Å². The quantitative estimate of drug-likeness (QED) is 0.945. The summed E-state index contributed by atoms with van der Waals surface area (Å²) in [6, 6.07) is 5.21. The highest BCUT2D eigenvalue weighted by molar-refractivity contribution is 9.11. The van der Waals surface area contributed by atoms with Gasteiger partial charge >= 0.3 is 0 Å². The van der Waals surface area contributed by atoms with Gasteiger partial charge in [0.2, 0.25) is 0 Å². The molecular formula is C11H10BrFN2S. The summed E-state index contributed by atoms with van der Waals surface area (Å²) >= 11 is 5.03. The molecular weight excluding hydrogens is 291 g/mol. The molecule has 1 unspecified atom stereocenters. The molecule has 0 spiro atoms. The third-order valence-corrected chi connectivity index (χ3v) is 3.85. The zero-order valence-corrected chi connectivity index (χ0v) is 10.8. The fourth-order valence-electron chi connectivity index (χ4n) is 1.43. The van der Waals surface area contributed by atoms with Crippen molar-refractivity contribution in [3.8, 4) is 0 Å². The molecule has 0 aliphatic rings. The predicted molar refractivity (Wildman–Crippen MR) is 66.8 cm³/mol. The van der Waals surface area contributed by atoms with E-state index in [4.69, 9.17) is 5.73 Å². The van der Waals surface area contributed by atoms with Crippen molar-refractivity contribution >= 4 is 27.3 Å². The lowest BCUT2D eigenvalue weighted by atomic mass is 10.1. The van der Waals surface area contributed by atoms with Crippen LogP contribution in [0.15, 0.2) is 34.4 Å². The highest BCUT2D eigenvalue weighted by atomic mass is 79.9. The molecule has 16 heavy (non-hydrogen) atoms. The van der Waals surface area contributed by atoms with E-state index in [2.05, 4.69) is 20.9 Å². The zero-order valence-electron chi connectivity index (χ0n) is 8.36. The Morgan fingerprint density at radius 2 is 2.25 bits per heavy atom. The standard InChI is InChI=1S/C11H10BrFN2S/c12-11-2-1-9(16-11)4-10(14)7-3-8(13)6-15-5-7/h1-3,5-6,10H,4,14H2. The van der Waals surface area contributed by atoms with Gasteiger partial charge in [-0.1, -0.05) is 0 Å². The van der Waals surface area contributed by atoms with Gasteiger partial charge in [0, 0.05) is 23.5 Å². The molecule has 2 N–H and O–H groups in total. The van der Waals surface area contributed by atoms with Crippen molar-refractivity contribution in [2.45, 2.75) is 12.5 Å². The Morgan fingerprint density at radius 3 is 2.88 bits per heavy atom. The summed E-state index contributed by atoms with van der Waals surface area (Å²) in [6.45, 7) is 0. The van der Waals surface area contributed by atoms with Gasteiger partial charge in [0.05, 0.1) is 9.98 Å². The van der Waals surface area contributed by atoms with Crippen LogP contribution in [0.2, 0.25) is 0 Å². The highest BCUT2D eigenvalue weighted by Crippen LogP contribution is 2.25. The molecule has 0 saturated carbocycles. The van der Waals surface area contributed by atoms with Crippen molar-refractivity contribution in [1.82, 2.24) is 4.98 Å². The lowest BCUT2D eigenvalue weighted by Crippen LogP contribution is -2.13. The first-order valence-electron chi connectivity index (χ1n) is 4.75. The van der Waals surface area contributed by atoms with Gasteiger partial charge in [0.25, 0.3) is 0 Å². The van der Waals surface area contributed by atoms with Crippen LogP contribution < -0.4 is 5.73 Å². The number of halogens is 2. The highest BCUT2D eigenvalue weighted by Gasteiger charge is 2.09. The first-order valence-corrected chi connectivity index (χ1v) is 6.36. The van der Waals surface area contributed by atoms with E-state index < -0.39 is 0 Å². The SMILES string of the molecule is NC(Cc1ccc(Br)s1)c1cncc(F)c1. The van der Waals surface area contributed by atoms with Crippen LogP contribution in [-0.4, -0.2) is 4.98 Å². The van der Waals surface area contributed by atoms with E-state index in [1.54, 1.807) is 17.5 Å². The minimum atomic E-state index is -0.347. The van der Waals surface area contributed by atoms with E-state index in [0.29, 0.717) is 6.42 Å². The Morgan fingerprint density at radius 1 is 1.44 bits per heavy atom. The van der Waals surface area contributed by atoms with Gasteiger partial charge in [0.1, 0.15) is 5.82 Å². The molecule has 84 valence electrons. The number of hydrogen-bond acceptors (Lipinski definition) is 3. The van der Waals surface area contributed by atoms with Crippen LogP contribution in [0.4, 0.5) is 4.39 Å². The van der Waals surface area contributed by atoms with Crippen molar-refractivity contribution in [2.24, 2.45) is 5.73 Å². The Balaban J connectivity index is 2.11. The number of hydrogen-bond donors (Lipinski definition) is 1. The van der Waals surface area contributed by atoms with E-state index in [9.17, 15) is 4.39 Å². The second kappa shape index (κ2) is 5.03. The summed E-state index contributed by atoms with van der Waals surface area (Å²) in [6.07, 6.45) is 3.48. The third kappa shape index (κ3) is 2.87. The smallest absolute Gasteiger partial charge is 0.141 e. The zero-order chi connectivity index (χ0) is 11.5. The largest absolute Gasteiger partial charge is 0.324 e. The maximum absolute atomic E-state index is 12.9. The molecule has 2 heterocycles. The first kappa shape index (κ1) is 11.7. The van der Waals surface area contributed by atoms with E-state index in [1.165, 1.54) is 17.1 Å². The number of aromatic nitrogens is 1. The lowest BCUT2D eigenvalue weighted by Gasteiger charge is -2.09. The molecule has 2 nitrogen and oxygen atoms in total. The first-order chi connectivity index (χ1) is 7.65. The molecule has 2 aromatic rings. The minimum absolute atomic E-state index is 0.214. The Hall–Kier alpha value is -0.780. The van der Waals surface area contributed by atoms with Crippen molar-refractivity contribution in [1.29, 1.82) is 0 Å². The van der Waals surface area contributed by atoms with Crippen molar-refractivity contribution in [2.75, 3.05) is 0 Å². The third-order valence-electron chi connectivity index (χ3n) is 2.20. The van der Waals surface area contributed by atoms with Gasteiger partial charge in [-0.2, -0.15) is 0 Å². The van der Waals surface area contributed by atoms with Crippen LogP contribution in [0.5, 0.6) is 0 Å². The second-order valence-electron chi connectivity index (χ2n) is 3.45. The van der Waals surface area contributed by atoms with Crippen LogP contribution in [0.1, 0.15) is 16.5 Å². The number of nitrogens with two attached hydrogens (primary N) is 1. The molecule has 0 aliphatic heterocycles. The minimum Gasteiger partial charge on any atom is -0.324 e. The summed E-state index contributed by atoms with van der Waals surface area (Å²) in [5.41, 5.74) is 6.72. The van der Waals surface area contributed by atoms with E-state index in [1.807, 2.05) is 12.1 Å². The average molecular weight is 301 g/mol. The van der Waals surface area contributed by atoms with Crippen LogP contribution >= 0.6 is 27.3 Å². The molecule has 0 aliphatic carbocycles. The maximum Gasteiger partial charge on any atom is 0.141 e. The van der Waals surface area contributed by atoms with Crippen molar-refractivity contribution in [3.63, 3.8) is 0 Å². The van der Waals surface area contributed by atoms with Crippen molar-refractivity contribution < 1.29 is 4.39 Å². The van der Waals surface area contributed by atoms with Gasteiger partial charge < -0.3 is 5.73 Å². The normalized spacial score (nSPS) is 12.7. The molecule has 1 atom stereocenters. The van der Waals surface area contributed by atoms with Gasteiger partial charge in [-0.05, 0) is 39.7 Å². The molecule has 0 amide bonds. The Bertz CT molecular complexity index is 486. The summed E-state index contributed by atoms with van der Waals surface area (Å²) in [5.74, 6) is -0.347. The number of thiophene rings is 1. The summed E-state index contributed by atoms with van der Waals surface area (Å²) in [7, 11) is 0. The number of pyridine rings is 1. The lowest BCUT2D eigenvalue weighted by molar-refractivity contribution is 0.611. The molecule has 0 radical (unpaired) electrons. The Kier molecular flexibility index (Phi) is 3.68. The fourth-order valence-corrected chi connectivity index (χ4v) is 2.97. The van der Waals surface area contributed by atoms with Gasteiger partial charge in [-0.3, -0.25) is 4.98 Å². The molecule has 2 rings (SSSR count). The second-order valence-corrected chi connectivity index (χ2v) is 6.00. The summed E-state index contributed by atoms with van der Waals surface area (Å²) in [5, 5.41) is 0. The number of nitrogens with zero attached hydrogens (tertiary/aromatic N) is 1. The predicted octanol–water partition coefficient (Wildman–Crippen LogP) is 3.29. The summed E-state index contributed by atoms with van der Waals surface area (Å²) < 4.78 is 14.0. The molecule has 0 bridgehead atoms. The average Bonchev–Trinajstić information content (AvgIpc) is 2.64. The topological polar surface area (TPSA) is 38.9 Å². The Labute approximate surface area is 105 Å². The van der Waals surface area contributed by atoms with Crippen LogP contribution in [-0.2, 0) is 6.42 Å². The van der Waals surface area contributed by atoms with Gasteiger partial charge in [0.15, 0.2) is 0 Å².